The van der Waals surface area contributed by atoms with E-state index in [2.05, 4.69) is 51.2 Å². The van der Waals surface area contributed by atoms with Gasteiger partial charge in [0.05, 0.1) is 5.56 Å². The molecule has 0 saturated carbocycles. The molecule has 32 heavy (non-hydrogen) atoms. The Kier molecular flexibility index (Phi) is 7.59. The summed E-state index contributed by atoms with van der Waals surface area (Å²) in [4.78, 5) is 23.2. The van der Waals surface area contributed by atoms with E-state index in [1.807, 2.05) is 37.4 Å². The van der Waals surface area contributed by atoms with Gasteiger partial charge in [0.15, 0.2) is 5.82 Å². The number of amides is 1. The van der Waals surface area contributed by atoms with Crippen molar-refractivity contribution in [3.05, 3.63) is 84.2 Å². The molecule has 0 aliphatic carbocycles. The number of benzene rings is 2. The van der Waals surface area contributed by atoms with E-state index < -0.39 is 0 Å². The Labute approximate surface area is 190 Å². The standard InChI is InChI=1S/C26H31N5O/c1-31(26(32)22-18-27-25(28-19-22)21-13-7-3-8-14-21)16-10-4-9-15-23-17-24(30-29-23)20-11-5-2-6-12-20/h2-3,5-8,11-14,18-19,23-24,29-30H,4,9-10,15-17H2,1H3. The smallest absolute Gasteiger partial charge is 0.256 e. The lowest BCUT2D eigenvalue weighted by molar-refractivity contribution is 0.0791. The van der Waals surface area contributed by atoms with Crippen molar-refractivity contribution in [1.82, 2.24) is 25.7 Å². The van der Waals surface area contributed by atoms with Crippen molar-refractivity contribution < 1.29 is 4.79 Å². The van der Waals surface area contributed by atoms with E-state index in [0.717, 1.165) is 44.2 Å². The van der Waals surface area contributed by atoms with Crippen molar-refractivity contribution in [2.75, 3.05) is 13.6 Å². The number of nitrogens with zero attached hydrogens (tertiary/aromatic N) is 3. The number of carbonyl (C=O) groups excluding carboxylic acids is 1. The lowest BCUT2D eigenvalue weighted by Crippen LogP contribution is -2.30. The molecule has 4 rings (SSSR count). The normalized spacial score (nSPS) is 17.9. The van der Waals surface area contributed by atoms with Crippen LogP contribution in [0.4, 0.5) is 0 Å². The molecule has 2 N–H and O–H groups in total. The van der Waals surface area contributed by atoms with Gasteiger partial charge in [0.2, 0.25) is 0 Å². The number of rotatable bonds is 9. The molecule has 1 aromatic heterocycles. The van der Waals surface area contributed by atoms with Gasteiger partial charge in [-0.05, 0) is 24.8 Å². The first-order valence-corrected chi connectivity index (χ1v) is 11.4. The van der Waals surface area contributed by atoms with Gasteiger partial charge in [0, 0.05) is 43.6 Å². The third kappa shape index (κ3) is 5.78. The van der Waals surface area contributed by atoms with Crippen LogP contribution in [0.2, 0.25) is 0 Å². The highest BCUT2D eigenvalue weighted by atomic mass is 16.2. The van der Waals surface area contributed by atoms with Crippen LogP contribution in [-0.4, -0.2) is 40.4 Å². The number of unbranched alkanes of at least 4 members (excludes halogenated alkanes) is 2. The summed E-state index contributed by atoms with van der Waals surface area (Å²) in [6, 6.07) is 21.3. The quantitative estimate of drug-likeness (QED) is 0.494. The molecule has 2 aromatic carbocycles. The zero-order valence-electron chi connectivity index (χ0n) is 18.6. The van der Waals surface area contributed by atoms with Crippen LogP contribution < -0.4 is 10.9 Å². The zero-order valence-corrected chi connectivity index (χ0v) is 18.6. The minimum Gasteiger partial charge on any atom is -0.342 e. The molecule has 0 bridgehead atoms. The van der Waals surface area contributed by atoms with Crippen molar-refractivity contribution in [1.29, 1.82) is 0 Å². The highest BCUT2D eigenvalue weighted by molar-refractivity contribution is 5.93. The van der Waals surface area contributed by atoms with Crippen LogP contribution >= 0.6 is 0 Å². The van der Waals surface area contributed by atoms with Gasteiger partial charge in [0.1, 0.15) is 0 Å². The molecule has 2 atom stereocenters. The number of aromatic nitrogens is 2. The van der Waals surface area contributed by atoms with Crippen LogP contribution in [0.1, 0.15) is 54.1 Å². The van der Waals surface area contributed by atoms with Crippen molar-refractivity contribution >= 4 is 5.91 Å². The average Bonchev–Trinajstić information content (AvgIpc) is 3.33. The monoisotopic (exact) mass is 429 g/mol. The number of hydrogen-bond donors (Lipinski definition) is 2. The van der Waals surface area contributed by atoms with E-state index in [0.29, 0.717) is 23.5 Å². The van der Waals surface area contributed by atoms with Crippen molar-refractivity contribution in [3.63, 3.8) is 0 Å². The predicted molar refractivity (Wildman–Crippen MR) is 127 cm³/mol. The highest BCUT2D eigenvalue weighted by Gasteiger charge is 2.24. The van der Waals surface area contributed by atoms with Gasteiger partial charge < -0.3 is 4.90 Å². The van der Waals surface area contributed by atoms with Crippen LogP contribution in [0.5, 0.6) is 0 Å². The molecule has 6 nitrogen and oxygen atoms in total. The fourth-order valence-electron chi connectivity index (χ4n) is 4.13. The molecule has 1 amide bonds. The summed E-state index contributed by atoms with van der Waals surface area (Å²) >= 11 is 0. The maximum atomic E-state index is 12.7. The summed E-state index contributed by atoms with van der Waals surface area (Å²) in [6.07, 6.45) is 8.75. The summed E-state index contributed by atoms with van der Waals surface area (Å²) in [5.74, 6) is 0.603. The molecule has 1 aliphatic heterocycles. The lowest BCUT2D eigenvalue weighted by Gasteiger charge is -2.17. The van der Waals surface area contributed by atoms with E-state index in [9.17, 15) is 4.79 Å². The molecular weight excluding hydrogens is 398 g/mol. The second-order valence-corrected chi connectivity index (χ2v) is 8.42. The van der Waals surface area contributed by atoms with Gasteiger partial charge in [-0.25, -0.2) is 9.97 Å². The Morgan fingerprint density at radius 3 is 2.34 bits per heavy atom. The summed E-state index contributed by atoms with van der Waals surface area (Å²) < 4.78 is 0. The van der Waals surface area contributed by atoms with Gasteiger partial charge >= 0.3 is 0 Å². The van der Waals surface area contributed by atoms with E-state index in [1.54, 1.807) is 17.3 Å². The molecule has 0 radical (unpaired) electrons. The second-order valence-electron chi connectivity index (χ2n) is 8.42. The first-order chi connectivity index (χ1) is 15.7. The number of hydrogen-bond acceptors (Lipinski definition) is 5. The number of nitrogens with one attached hydrogen (secondary N) is 2. The zero-order chi connectivity index (χ0) is 22.2. The van der Waals surface area contributed by atoms with E-state index in [-0.39, 0.29) is 5.91 Å². The molecule has 2 heterocycles. The molecular formula is C26H31N5O. The van der Waals surface area contributed by atoms with E-state index >= 15 is 0 Å². The first-order valence-electron chi connectivity index (χ1n) is 11.4. The Hall–Kier alpha value is -3.09. The molecule has 1 aliphatic rings. The topological polar surface area (TPSA) is 70.2 Å². The van der Waals surface area contributed by atoms with Gasteiger partial charge in [-0.2, -0.15) is 0 Å². The first kappa shape index (κ1) is 22.1. The fourth-order valence-corrected chi connectivity index (χ4v) is 4.13. The third-order valence-electron chi connectivity index (χ3n) is 6.01. The second kappa shape index (κ2) is 11.0. The molecule has 0 spiro atoms. The Morgan fingerprint density at radius 2 is 1.62 bits per heavy atom. The summed E-state index contributed by atoms with van der Waals surface area (Å²) in [5, 5.41) is 0. The largest absolute Gasteiger partial charge is 0.342 e. The molecule has 3 aromatic rings. The van der Waals surface area contributed by atoms with Crippen LogP contribution in [-0.2, 0) is 0 Å². The van der Waals surface area contributed by atoms with Gasteiger partial charge in [-0.1, -0.05) is 73.5 Å². The Morgan fingerprint density at radius 1 is 0.938 bits per heavy atom. The van der Waals surface area contributed by atoms with Crippen molar-refractivity contribution in [2.45, 2.75) is 44.2 Å². The van der Waals surface area contributed by atoms with Gasteiger partial charge in [-0.3, -0.25) is 15.6 Å². The molecule has 6 heteroatoms. The highest BCUT2D eigenvalue weighted by Crippen LogP contribution is 2.24. The molecule has 1 fully saturated rings. The van der Waals surface area contributed by atoms with Crippen LogP contribution in [0.15, 0.2) is 73.1 Å². The van der Waals surface area contributed by atoms with Crippen LogP contribution in [0.3, 0.4) is 0 Å². The van der Waals surface area contributed by atoms with E-state index in [4.69, 9.17) is 0 Å². The summed E-state index contributed by atoms with van der Waals surface area (Å²) in [7, 11) is 1.85. The van der Waals surface area contributed by atoms with Gasteiger partial charge in [-0.15, -0.1) is 0 Å². The Bertz CT molecular complexity index is 978. The third-order valence-corrected chi connectivity index (χ3v) is 6.01. The molecule has 1 saturated heterocycles. The molecule has 166 valence electrons. The number of carbonyl (C=O) groups is 1. The number of hydrazine groups is 1. The fraction of sp³-hybridized carbons (Fsp3) is 0.346. The molecule has 2 unspecified atom stereocenters. The summed E-state index contributed by atoms with van der Waals surface area (Å²) in [6.45, 7) is 0.738. The minimum absolute atomic E-state index is 0.0306. The SMILES string of the molecule is CN(CCCCCC1CC(c2ccccc2)NN1)C(=O)c1cnc(-c2ccccc2)nc1. The lowest BCUT2D eigenvalue weighted by atomic mass is 9.99. The average molecular weight is 430 g/mol. The summed E-state index contributed by atoms with van der Waals surface area (Å²) in [5.41, 5.74) is 9.66. The van der Waals surface area contributed by atoms with Crippen LogP contribution in [0, 0.1) is 0 Å². The predicted octanol–water partition coefficient (Wildman–Crippen LogP) is 4.38. The Balaban J connectivity index is 1.15. The van der Waals surface area contributed by atoms with E-state index in [1.165, 1.54) is 5.56 Å². The minimum atomic E-state index is -0.0306. The maximum absolute atomic E-state index is 12.7. The van der Waals surface area contributed by atoms with Crippen molar-refractivity contribution in [3.8, 4) is 11.4 Å². The van der Waals surface area contributed by atoms with Gasteiger partial charge in [0.25, 0.3) is 5.91 Å². The maximum Gasteiger partial charge on any atom is 0.256 e. The van der Waals surface area contributed by atoms with Crippen LogP contribution in [0.25, 0.3) is 11.4 Å². The van der Waals surface area contributed by atoms with Crippen molar-refractivity contribution in [2.24, 2.45) is 0 Å².